The number of amides is 1. The lowest BCUT2D eigenvalue weighted by molar-refractivity contribution is 0.0643. The van der Waals surface area contributed by atoms with Gasteiger partial charge in [-0.25, -0.2) is 17.5 Å². The second-order valence-electron chi connectivity index (χ2n) is 6.90. The number of hydrogen-bond donors (Lipinski definition) is 0. The fourth-order valence-corrected chi connectivity index (χ4v) is 4.07. The molecular formula is C18H22ClFN4O3S. The number of carbonyl (C=O) groups excluding carboxylic acids is 1. The molecule has 0 aliphatic carbocycles. The van der Waals surface area contributed by atoms with Gasteiger partial charge in [0, 0.05) is 39.0 Å². The molecule has 0 N–H and O–H groups in total. The molecule has 0 bridgehead atoms. The van der Waals surface area contributed by atoms with Crippen molar-refractivity contribution in [2.45, 2.75) is 6.92 Å². The summed E-state index contributed by atoms with van der Waals surface area (Å²) in [5.74, 6) is -0.469. The van der Waals surface area contributed by atoms with E-state index in [1.165, 1.54) is 23.1 Å². The second kappa shape index (κ2) is 8.18. The van der Waals surface area contributed by atoms with Crippen molar-refractivity contribution >= 4 is 27.3 Å². The highest BCUT2D eigenvalue weighted by molar-refractivity contribution is 7.90. The smallest absolute Gasteiger partial charge is 0.258 e. The van der Waals surface area contributed by atoms with Gasteiger partial charge in [-0.15, -0.1) is 0 Å². The SMILES string of the molecule is Cc1nn(-c2ccc(F)cc2)c(Cl)c1C(=O)N1CCN(CCS(C)(=O)=O)CC1. The van der Waals surface area contributed by atoms with Crippen LogP contribution in [0.25, 0.3) is 5.69 Å². The Morgan fingerprint density at radius 2 is 1.79 bits per heavy atom. The molecule has 1 aliphatic heterocycles. The van der Waals surface area contributed by atoms with E-state index in [1.807, 2.05) is 4.90 Å². The number of rotatable bonds is 5. The lowest BCUT2D eigenvalue weighted by Gasteiger charge is -2.34. The number of benzene rings is 1. The summed E-state index contributed by atoms with van der Waals surface area (Å²) in [6.45, 7) is 4.35. The Morgan fingerprint density at radius 1 is 1.18 bits per heavy atom. The Balaban J connectivity index is 1.71. The van der Waals surface area contributed by atoms with E-state index in [-0.39, 0.29) is 22.6 Å². The Morgan fingerprint density at radius 3 is 2.36 bits per heavy atom. The van der Waals surface area contributed by atoms with Gasteiger partial charge in [0.1, 0.15) is 20.8 Å². The minimum atomic E-state index is -3.01. The molecule has 1 aliphatic rings. The summed E-state index contributed by atoms with van der Waals surface area (Å²) in [7, 11) is -3.01. The predicted molar refractivity (Wildman–Crippen MR) is 105 cm³/mol. The first-order valence-corrected chi connectivity index (χ1v) is 11.3. The number of halogens is 2. The third kappa shape index (κ3) is 4.71. The van der Waals surface area contributed by atoms with Crippen LogP contribution in [0, 0.1) is 12.7 Å². The number of sulfone groups is 1. The van der Waals surface area contributed by atoms with Crippen LogP contribution in [0.5, 0.6) is 0 Å². The average molecular weight is 429 g/mol. The fraction of sp³-hybridized carbons (Fsp3) is 0.444. The van der Waals surface area contributed by atoms with Gasteiger partial charge in [0.15, 0.2) is 0 Å². The monoisotopic (exact) mass is 428 g/mol. The van der Waals surface area contributed by atoms with Crippen LogP contribution in [0.2, 0.25) is 5.15 Å². The largest absolute Gasteiger partial charge is 0.336 e. The van der Waals surface area contributed by atoms with E-state index in [1.54, 1.807) is 24.0 Å². The van der Waals surface area contributed by atoms with E-state index >= 15 is 0 Å². The third-order valence-corrected chi connectivity index (χ3v) is 6.00. The lowest BCUT2D eigenvalue weighted by atomic mass is 10.2. The summed E-state index contributed by atoms with van der Waals surface area (Å²) in [5.41, 5.74) is 1.40. The highest BCUT2D eigenvalue weighted by Crippen LogP contribution is 2.25. The topological polar surface area (TPSA) is 75.5 Å². The maximum Gasteiger partial charge on any atom is 0.258 e. The van der Waals surface area contributed by atoms with Crippen molar-refractivity contribution in [1.82, 2.24) is 19.6 Å². The first-order valence-electron chi connectivity index (χ1n) is 8.86. The Bertz CT molecular complexity index is 967. The van der Waals surface area contributed by atoms with E-state index in [0.717, 1.165) is 0 Å². The van der Waals surface area contributed by atoms with Gasteiger partial charge in [-0.05, 0) is 31.2 Å². The molecule has 10 heteroatoms. The molecule has 1 saturated heterocycles. The molecule has 3 rings (SSSR count). The average Bonchev–Trinajstić information content (AvgIpc) is 2.94. The van der Waals surface area contributed by atoms with Gasteiger partial charge in [0.2, 0.25) is 0 Å². The molecule has 0 saturated carbocycles. The van der Waals surface area contributed by atoms with E-state index in [0.29, 0.717) is 49.7 Å². The van der Waals surface area contributed by atoms with Crippen molar-refractivity contribution in [3.05, 3.63) is 46.5 Å². The number of nitrogens with zero attached hydrogens (tertiary/aromatic N) is 4. The number of hydrogen-bond acceptors (Lipinski definition) is 5. The van der Waals surface area contributed by atoms with Gasteiger partial charge in [-0.3, -0.25) is 9.69 Å². The number of aryl methyl sites for hydroxylation is 1. The third-order valence-electron chi connectivity index (χ3n) is 4.73. The molecule has 0 atom stereocenters. The molecule has 1 amide bonds. The van der Waals surface area contributed by atoms with Crippen LogP contribution in [0.4, 0.5) is 4.39 Å². The number of piperazine rings is 1. The van der Waals surface area contributed by atoms with Gasteiger partial charge in [0.05, 0.1) is 22.7 Å². The first kappa shape index (κ1) is 20.8. The van der Waals surface area contributed by atoms with Gasteiger partial charge in [0.25, 0.3) is 5.91 Å². The van der Waals surface area contributed by atoms with Crippen molar-refractivity contribution in [3.8, 4) is 5.69 Å². The van der Waals surface area contributed by atoms with E-state index in [4.69, 9.17) is 11.6 Å². The zero-order chi connectivity index (χ0) is 20.5. The van der Waals surface area contributed by atoms with Crippen molar-refractivity contribution in [3.63, 3.8) is 0 Å². The maximum absolute atomic E-state index is 13.1. The minimum absolute atomic E-state index is 0.107. The van der Waals surface area contributed by atoms with E-state index < -0.39 is 9.84 Å². The Labute approximate surface area is 168 Å². The molecule has 2 heterocycles. The van der Waals surface area contributed by atoms with Crippen LogP contribution < -0.4 is 0 Å². The highest BCUT2D eigenvalue weighted by atomic mass is 35.5. The second-order valence-corrected chi connectivity index (χ2v) is 9.52. The van der Waals surface area contributed by atoms with Crippen LogP contribution in [0.3, 0.4) is 0 Å². The standard InChI is InChI=1S/C18H22ClFN4O3S/c1-13-16(17(19)24(21-13)15-5-3-14(20)4-6-15)18(25)23-9-7-22(8-10-23)11-12-28(2,26)27/h3-6H,7-12H2,1-2H3. The Hall–Kier alpha value is -1.97. The molecule has 0 radical (unpaired) electrons. The van der Waals surface area contributed by atoms with Crippen LogP contribution in [0.1, 0.15) is 16.1 Å². The van der Waals surface area contributed by atoms with Crippen LogP contribution in [-0.4, -0.2) is 78.6 Å². The zero-order valence-electron chi connectivity index (χ0n) is 15.7. The molecule has 1 aromatic heterocycles. The fourth-order valence-electron chi connectivity index (χ4n) is 3.12. The summed E-state index contributed by atoms with van der Waals surface area (Å²) in [6.07, 6.45) is 1.22. The van der Waals surface area contributed by atoms with E-state index in [9.17, 15) is 17.6 Å². The molecule has 152 valence electrons. The predicted octanol–water partition coefficient (Wildman–Crippen LogP) is 1.78. The summed E-state index contributed by atoms with van der Waals surface area (Å²) >= 11 is 6.43. The highest BCUT2D eigenvalue weighted by Gasteiger charge is 2.28. The maximum atomic E-state index is 13.1. The molecule has 1 fully saturated rings. The molecule has 7 nitrogen and oxygen atoms in total. The number of carbonyl (C=O) groups is 1. The van der Waals surface area contributed by atoms with Gasteiger partial charge in [-0.1, -0.05) is 11.6 Å². The first-order chi connectivity index (χ1) is 13.2. The van der Waals surface area contributed by atoms with E-state index in [2.05, 4.69) is 5.10 Å². The Kier molecular flexibility index (Phi) is 6.07. The summed E-state index contributed by atoms with van der Waals surface area (Å²) in [4.78, 5) is 16.7. The normalized spacial score (nSPS) is 15.8. The van der Waals surface area contributed by atoms with Crippen molar-refractivity contribution < 1.29 is 17.6 Å². The van der Waals surface area contributed by atoms with Crippen molar-refractivity contribution in [2.75, 3.05) is 44.7 Å². The summed E-state index contributed by atoms with van der Waals surface area (Å²) in [6, 6.07) is 5.70. The van der Waals surface area contributed by atoms with Crippen LogP contribution >= 0.6 is 11.6 Å². The van der Waals surface area contributed by atoms with Gasteiger partial charge >= 0.3 is 0 Å². The zero-order valence-corrected chi connectivity index (χ0v) is 17.3. The molecule has 0 spiro atoms. The van der Waals surface area contributed by atoms with Crippen LogP contribution in [-0.2, 0) is 9.84 Å². The van der Waals surface area contributed by atoms with Gasteiger partial charge in [-0.2, -0.15) is 5.10 Å². The van der Waals surface area contributed by atoms with Crippen molar-refractivity contribution in [1.29, 1.82) is 0 Å². The minimum Gasteiger partial charge on any atom is -0.336 e. The number of aromatic nitrogens is 2. The molecular weight excluding hydrogens is 407 g/mol. The van der Waals surface area contributed by atoms with Crippen molar-refractivity contribution in [2.24, 2.45) is 0 Å². The molecule has 2 aromatic rings. The quantitative estimate of drug-likeness (QED) is 0.725. The lowest BCUT2D eigenvalue weighted by Crippen LogP contribution is -2.49. The summed E-state index contributed by atoms with van der Waals surface area (Å²) in [5, 5.41) is 4.52. The molecule has 28 heavy (non-hydrogen) atoms. The molecule has 0 unspecified atom stereocenters. The molecule has 1 aromatic carbocycles. The van der Waals surface area contributed by atoms with Crippen LogP contribution in [0.15, 0.2) is 24.3 Å². The summed E-state index contributed by atoms with van der Waals surface area (Å²) < 4.78 is 37.2. The van der Waals surface area contributed by atoms with Gasteiger partial charge < -0.3 is 4.90 Å².